The number of aryl methyl sites for hydroxylation is 3. The van der Waals surface area contributed by atoms with Crippen LogP contribution in [0.5, 0.6) is 0 Å². The van der Waals surface area contributed by atoms with E-state index in [1.165, 1.54) is 4.90 Å². The zero-order chi connectivity index (χ0) is 20.7. The average molecular weight is 404 g/mol. The van der Waals surface area contributed by atoms with Crippen LogP contribution in [0.3, 0.4) is 0 Å². The summed E-state index contributed by atoms with van der Waals surface area (Å²) in [5.41, 5.74) is 4.77. The van der Waals surface area contributed by atoms with E-state index in [-0.39, 0.29) is 10.7 Å². The van der Waals surface area contributed by atoms with Crippen molar-refractivity contribution in [3.05, 3.63) is 70.9 Å². The lowest BCUT2D eigenvalue weighted by Crippen LogP contribution is -2.54. The number of rotatable bonds is 3. The molecule has 2 aromatic carbocycles. The lowest BCUT2D eigenvalue weighted by atomic mass is 10.0. The summed E-state index contributed by atoms with van der Waals surface area (Å²) in [5.74, 6) is -0.899. The van der Waals surface area contributed by atoms with Crippen LogP contribution in [0.1, 0.15) is 23.6 Å². The SMILES string of the molecule is CCn1cc(/C=C2/C(=O)NC(=S)N(c3ccc(C)c(C)c3)C2=O)c2ccccc21. The van der Waals surface area contributed by atoms with Gasteiger partial charge in [-0.2, -0.15) is 0 Å². The number of nitrogens with one attached hydrogen (secondary N) is 1. The van der Waals surface area contributed by atoms with Gasteiger partial charge in [0.2, 0.25) is 0 Å². The predicted octanol–water partition coefficient (Wildman–Crippen LogP) is 4.11. The summed E-state index contributed by atoms with van der Waals surface area (Å²) in [4.78, 5) is 27.3. The van der Waals surface area contributed by atoms with E-state index >= 15 is 0 Å². The second-order valence-corrected chi connectivity index (χ2v) is 7.50. The number of fused-ring (bicyclic) bond motifs is 1. The van der Waals surface area contributed by atoms with E-state index < -0.39 is 11.8 Å². The zero-order valence-electron chi connectivity index (χ0n) is 16.5. The number of carbonyl (C=O) groups is 2. The third-order valence-electron chi connectivity index (χ3n) is 5.31. The fourth-order valence-corrected chi connectivity index (χ4v) is 3.84. The molecule has 2 heterocycles. The number of anilines is 1. The fourth-order valence-electron chi connectivity index (χ4n) is 3.56. The molecule has 0 spiro atoms. The summed E-state index contributed by atoms with van der Waals surface area (Å²) in [5, 5.41) is 3.74. The van der Waals surface area contributed by atoms with Crippen molar-refractivity contribution in [2.45, 2.75) is 27.3 Å². The number of hydrogen-bond donors (Lipinski definition) is 1. The van der Waals surface area contributed by atoms with E-state index in [0.29, 0.717) is 5.69 Å². The smallest absolute Gasteiger partial charge is 0.270 e. The summed E-state index contributed by atoms with van der Waals surface area (Å²) in [6.07, 6.45) is 3.62. The van der Waals surface area contributed by atoms with Crippen LogP contribution < -0.4 is 10.2 Å². The van der Waals surface area contributed by atoms with Crippen LogP contribution in [0.15, 0.2) is 54.2 Å². The molecular weight excluding hydrogens is 382 g/mol. The minimum atomic E-state index is -0.478. The van der Waals surface area contributed by atoms with Gasteiger partial charge in [0.15, 0.2) is 5.11 Å². The Morgan fingerprint density at radius 2 is 1.83 bits per heavy atom. The van der Waals surface area contributed by atoms with Crippen molar-refractivity contribution in [1.29, 1.82) is 0 Å². The standard InChI is InChI=1S/C23H21N3O2S/c1-4-25-13-16(18-7-5-6-8-20(18)25)12-19-21(27)24-23(29)26(22(19)28)17-10-9-14(2)15(3)11-17/h5-13H,4H2,1-3H3,(H,24,27,29)/b19-12-. The minimum Gasteiger partial charge on any atom is -0.347 e. The topological polar surface area (TPSA) is 54.3 Å². The first-order valence-electron chi connectivity index (χ1n) is 9.47. The molecule has 0 atom stereocenters. The Kier molecular flexibility index (Phi) is 4.80. The van der Waals surface area contributed by atoms with Gasteiger partial charge in [0.1, 0.15) is 5.57 Å². The van der Waals surface area contributed by atoms with E-state index in [9.17, 15) is 9.59 Å². The van der Waals surface area contributed by atoms with Crippen LogP contribution >= 0.6 is 12.2 Å². The number of hydrogen-bond acceptors (Lipinski definition) is 3. The first-order valence-corrected chi connectivity index (χ1v) is 9.88. The molecular formula is C23H21N3O2S. The number of amides is 2. The molecule has 0 bridgehead atoms. The Morgan fingerprint density at radius 3 is 2.55 bits per heavy atom. The number of carbonyl (C=O) groups excluding carboxylic acids is 2. The maximum atomic E-state index is 13.3. The van der Waals surface area contributed by atoms with E-state index in [1.807, 2.05) is 62.5 Å². The Morgan fingerprint density at radius 1 is 1.07 bits per heavy atom. The molecule has 0 aliphatic carbocycles. The Hall–Kier alpha value is -3.25. The first kappa shape index (κ1) is 19.1. The lowest BCUT2D eigenvalue weighted by molar-refractivity contribution is -0.122. The average Bonchev–Trinajstić information content (AvgIpc) is 3.05. The first-order chi connectivity index (χ1) is 13.9. The largest absolute Gasteiger partial charge is 0.347 e. The second-order valence-electron chi connectivity index (χ2n) is 7.11. The van der Waals surface area contributed by atoms with Gasteiger partial charge in [0.05, 0.1) is 5.69 Å². The molecule has 0 saturated carbocycles. The Labute approximate surface area is 174 Å². The summed E-state index contributed by atoms with van der Waals surface area (Å²) >= 11 is 5.30. The maximum absolute atomic E-state index is 13.3. The van der Waals surface area contributed by atoms with E-state index in [4.69, 9.17) is 12.2 Å². The molecule has 1 aliphatic heterocycles. The summed E-state index contributed by atoms with van der Waals surface area (Å²) < 4.78 is 2.10. The normalized spacial score (nSPS) is 16.0. The van der Waals surface area contributed by atoms with Gasteiger partial charge in [-0.3, -0.25) is 19.8 Å². The van der Waals surface area contributed by atoms with Crippen molar-refractivity contribution >= 4 is 51.8 Å². The fraction of sp³-hybridized carbons (Fsp3) is 0.174. The number of benzene rings is 2. The van der Waals surface area contributed by atoms with Crippen LogP contribution in [-0.2, 0) is 16.1 Å². The van der Waals surface area contributed by atoms with Crippen molar-refractivity contribution < 1.29 is 9.59 Å². The van der Waals surface area contributed by atoms with Crippen LogP contribution in [0.25, 0.3) is 17.0 Å². The van der Waals surface area contributed by atoms with Crippen molar-refractivity contribution in [1.82, 2.24) is 9.88 Å². The second kappa shape index (κ2) is 7.29. The van der Waals surface area contributed by atoms with Crippen LogP contribution in [-0.4, -0.2) is 21.5 Å². The number of nitrogens with zero attached hydrogens (tertiary/aromatic N) is 2. The van der Waals surface area contributed by atoms with E-state index in [2.05, 4.69) is 16.8 Å². The molecule has 29 heavy (non-hydrogen) atoms. The number of thiocarbonyl (C=S) groups is 1. The van der Waals surface area contributed by atoms with Crippen molar-refractivity contribution in [2.75, 3.05) is 4.90 Å². The van der Waals surface area contributed by atoms with E-state index in [0.717, 1.165) is 34.1 Å². The van der Waals surface area contributed by atoms with Crippen LogP contribution in [0.4, 0.5) is 5.69 Å². The number of para-hydroxylation sites is 1. The molecule has 0 unspecified atom stereocenters. The summed E-state index contributed by atoms with van der Waals surface area (Å²) in [6, 6.07) is 13.6. The summed E-state index contributed by atoms with van der Waals surface area (Å²) in [6.45, 7) is 6.84. The van der Waals surface area contributed by atoms with Crippen molar-refractivity contribution in [3.63, 3.8) is 0 Å². The Bertz CT molecular complexity index is 1210. The lowest BCUT2D eigenvalue weighted by Gasteiger charge is -2.29. The molecule has 1 saturated heterocycles. The third kappa shape index (κ3) is 3.25. The molecule has 2 amide bonds. The van der Waals surface area contributed by atoms with Crippen molar-refractivity contribution in [2.24, 2.45) is 0 Å². The van der Waals surface area contributed by atoms with E-state index in [1.54, 1.807) is 6.08 Å². The van der Waals surface area contributed by atoms with Gasteiger partial charge >= 0.3 is 0 Å². The molecule has 0 radical (unpaired) electrons. The van der Waals surface area contributed by atoms with Gasteiger partial charge in [-0.1, -0.05) is 24.3 Å². The molecule has 146 valence electrons. The summed E-state index contributed by atoms with van der Waals surface area (Å²) in [7, 11) is 0. The maximum Gasteiger partial charge on any atom is 0.270 e. The molecule has 5 nitrogen and oxygen atoms in total. The van der Waals surface area contributed by atoms with Gasteiger partial charge in [-0.25, -0.2) is 0 Å². The van der Waals surface area contributed by atoms with Crippen LogP contribution in [0, 0.1) is 13.8 Å². The molecule has 1 N–H and O–H groups in total. The van der Waals surface area contributed by atoms with Gasteiger partial charge in [-0.15, -0.1) is 0 Å². The quantitative estimate of drug-likeness (QED) is 0.407. The van der Waals surface area contributed by atoms with Crippen molar-refractivity contribution in [3.8, 4) is 0 Å². The monoisotopic (exact) mass is 403 g/mol. The highest BCUT2D eigenvalue weighted by atomic mass is 32.1. The predicted molar refractivity (Wildman–Crippen MR) is 120 cm³/mol. The third-order valence-corrected chi connectivity index (χ3v) is 5.59. The van der Waals surface area contributed by atoms with Gasteiger partial charge in [0, 0.05) is 29.2 Å². The minimum absolute atomic E-state index is 0.0656. The Balaban J connectivity index is 1.81. The molecule has 6 heteroatoms. The molecule has 1 fully saturated rings. The highest BCUT2D eigenvalue weighted by Crippen LogP contribution is 2.27. The molecule has 1 aromatic heterocycles. The van der Waals surface area contributed by atoms with Gasteiger partial charge in [-0.05, 0) is 68.4 Å². The van der Waals surface area contributed by atoms with Crippen LogP contribution in [0.2, 0.25) is 0 Å². The molecule has 1 aliphatic rings. The number of aromatic nitrogens is 1. The zero-order valence-corrected chi connectivity index (χ0v) is 17.3. The van der Waals surface area contributed by atoms with Gasteiger partial charge < -0.3 is 4.57 Å². The highest BCUT2D eigenvalue weighted by Gasteiger charge is 2.34. The molecule has 4 rings (SSSR count). The van der Waals surface area contributed by atoms with Gasteiger partial charge in [0.25, 0.3) is 11.8 Å². The highest BCUT2D eigenvalue weighted by molar-refractivity contribution is 7.80. The molecule has 3 aromatic rings.